The van der Waals surface area contributed by atoms with Crippen molar-refractivity contribution in [3.63, 3.8) is 0 Å². The molecule has 3 nitrogen and oxygen atoms in total. The Morgan fingerprint density at radius 1 is 1.27 bits per heavy atom. The minimum Gasteiger partial charge on any atom is -0.461 e. The Kier molecular flexibility index (Phi) is 4.32. The van der Waals surface area contributed by atoms with E-state index in [0.29, 0.717) is 6.54 Å². The third-order valence-electron chi connectivity index (χ3n) is 3.06. The van der Waals surface area contributed by atoms with Gasteiger partial charge in [-0.1, -0.05) is 0 Å². The molecule has 0 N–H and O–H groups in total. The first-order chi connectivity index (χ1) is 7.34. The molecule has 0 amide bonds. The van der Waals surface area contributed by atoms with Crippen LogP contribution in [0.2, 0.25) is 0 Å². The van der Waals surface area contributed by atoms with E-state index in [0.717, 1.165) is 37.4 Å². The summed E-state index contributed by atoms with van der Waals surface area (Å²) < 4.78 is 5.43. The quantitative estimate of drug-likeness (QED) is 0.686. The summed E-state index contributed by atoms with van der Waals surface area (Å²) in [5, 5.41) is 0. The fourth-order valence-electron chi connectivity index (χ4n) is 2.17. The minimum atomic E-state index is -0.0196. The van der Waals surface area contributed by atoms with Crippen LogP contribution in [0, 0.1) is 0 Å². The van der Waals surface area contributed by atoms with Gasteiger partial charge in [-0.15, -0.1) is 0 Å². The highest BCUT2D eigenvalue weighted by Crippen LogP contribution is 2.21. The van der Waals surface area contributed by atoms with Gasteiger partial charge in [0.15, 0.2) is 0 Å². The van der Waals surface area contributed by atoms with E-state index in [1.165, 1.54) is 12.8 Å². The molecule has 1 aliphatic carbocycles. The molecule has 1 heterocycles. The highest BCUT2D eigenvalue weighted by molar-refractivity contribution is 7.99. The zero-order chi connectivity index (χ0) is 10.5. The first-order valence-electron chi connectivity index (χ1n) is 5.84. The Bertz CT molecular complexity index is 211. The second-order valence-electron chi connectivity index (χ2n) is 4.28. The number of carbonyl (C=O) groups excluding carboxylic acids is 1. The van der Waals surface area contributed by atoms with Crippen molar-refractivity contribution in [2.75, 3.05) is 31.1 Å². The average Bonchev–Trinajstić information content (AvgIpc) is 2.71. The minimum absolute atomic E-state index is 0.0196. The Labute approximate surface area is 95.5 Å². The smallest absolute Gasteiger partial charge is 0.320 e. The van der Waals surface area contributed by atoms with Gasteiger partial charge in [0.2, 0.25) is 0 Å². The van der Waals surface area contributed by atoms with Crippen LogP contribution in [0.25, 0.3) is 0 Å². The van der Waals surface area contributed by atoms with Crippen molar-refractivity contribution in [3.05, 3.63) is 0 Å². The molecule has 4 heteroatoms. The number of esters is 1. The predicted octanol–water partition coefficient (Wildman–Crippen LogP) is 1.52. The average molecular weight is 229 g/mol. The molecule has 0 atom stereocenters. The lowest BCUT2D eigenvalue weighted by molar-refractivity contribution is -0.149. The van der Waals surface area contributed by atoms with Crippen LogP contribution in [-0.2, 0) is 9.53 Å². The summed E-state index contributed by atoms with van der Waals surface area (Å²) in [6.45, 7) is 2.56. The van der Waals surface area contributed by atoms with Crippen LogP contribution in [0.15, 0.2) is 0 Å². The van der Waals surface area contributed by atoms with E-state index in [-0.39, 0.29) is 12.1 Å². The molecule has 2 aliphatic rings. The third kappa shape index (κ3) is 3.68. The molecule has 0 aromatic rings. The molecule has 0 radical (unpaired) electrons. The maximum absolute atomic E-state index is 11.6. The molecular formula is C11H19NO2S. The van der Waals surface area contributed by atoms with Gasteiger partial charge in [0.25, 0.3) is 0 Å². The lowest BCUT2D eigenvalue weighted by atomic mass is 10.3. The third-order valence-corrected chi connectivity index (χ3v) is 4.00. The van der Waals surface area contributed by atoms with E-state index in [1.807, 2.05) is 11.8 Å². The van der Waals surface area contributed by atoms with Gasteiger partial charge in [0.1, 0.15) is 6.10 Å². The number of hydrogen-bond acceptors (Lipinski definition) is 4. The molecule has 2 fully saturated rings. The molecule has 2 rings (SSSR count). The Balaban J connectivity index is 1.66. The molecular weight excluding hydrogens is 210 g/mol. The van der Waals surface area contributed by atoms with Gasteiger partial charge in [0, 0.05) is 24.6 Å². The van der Waals surface area contributed by atoms with Crippen LogP contribution >= 0.6 is 11.8 Å². The van der Waals surface area contributed by atoms with Crippen molar-refractivity contribution in [2.24, 2.45) is 0 Å². The van der Waals surface area contributed by atoms with E-state index in [1.54, 1.807) is 0 Å². The van der Waals surface area contributed by atoms with E-state index in [4.69, 9.17) is 4.74 Å². The van der Waals surface area contributed by atoms with Crippen molar-refractivity contribution in [3.8, 4) is 0 Å². The van der Waals surface area contributed by atoms with Crippen molar-refractivity contribution in [2.45, 2.75) is 31.8 Å². The molecule has 0 spiro atoms. The van der Waals surface area contributed by atoms with Gasteiger partial charge in [0.05, 0.1) is 6.54 Å². The summed E-state index contributed by atoms with van der Waals surface area (Å²) in [6, 6.07) is 0. The first kappa shape index (κ1) is 11.3. The van der Waals surface area contributed by atoms with Crippen LogP contribution in [0.4, 0.5) is 0 Å². The molecule has 86 valence electrons. The summed E-state index contributed by atoms with van der Waals surface area (Å²) in [5.41, 5.74) is 0. The number of rotatable bonds is 3. The summed E-state index contributed by atoms with van der Waals surface area (Å²) >= 11 is 1.96. The van der Waals surface area contributed by atoms with Crippen LogP contribution < -0.4 is 0 Å². The maximum atomic E-state index is 11.6. The number of hydrogen-bond donors (Lipinski definition) is 0. The van der Waals surface area contributed by atoms with E-state index in [2.05, 4.69) is 4.90 Å². The molecule has 1 saturated heterocycles. The summed E-state index contributed by atoms with van der Waals surface area (Å²) in [5.74, 6) is 2.28. The van der Waals surface area contributed by atoms with Crippen molar-refractivity contribution < 1.29 is 9.53 Å². The largest absolute Gasteiger partial charge is 0.461 e. The van der Waals surface area contributed by atoms with Crippen LogP contribution in [-0.4, -0.2) is 48.1 Å². The molecule has 0 aromatic carbocycles. The second kappa shape index (κ2) is 5.75. The first-order valence-corrected chi connectivity index (χ1v) is 6.99. The van der Waals surface area contributed by atoms with Gasteiger partial charge >= 0.3 is 5.97 Å². The number of nitrogens with zero attached hydrogens (tertiary/aromatic N) is 1. The Morgan fingerprint density at radius 3 is 2.60 bits per heavy atom. The zero-order valence-corrected chi connectivity index (χ0v) is 9.93. The van der Waals surface area contributed by atoms with Crippen molar-refractivity contribution in [1.82, 2.24) is 4.90 Å². The van der Waals surface area contributed by atoms with E-state index < -0.39 is 0 Å². The van der Waals surface area contributed by atoms with E-state index >= 15 is 0 Å². The highest BCUT2D eigenvalue weighted by atomic mass is 32.2. The lowest BCUT2D eigenvalue weighted by Gasteiger charge is -2.25. The normalized spacial score (nSPS) is 24.3. The number of carbonyl (C=O) groups is 1. The van der Waals surface area contributed by atoms with Crippen LogP contribution in [0.5, 0.6) is 0 Å². The topological polar surface area (TPSA) is 29.5 Å². The number of ether oxygens (including phenoxy) is 1. The van der Waals surface area contributed by atoms with Crippen molar-refractivity contribution >= 4 is 17.7 Å². The monoisotopic (exact) mass is 229 g/mol. The molecule has 15 heavy (non-hydrogen) atoms. The SMILES string of the molecule is O=C(CN1CCSCC1)OC1CCCC1. The Hall–Kier alpha value is -0.220. The molecule has 0 aromatic heterocycles. The predicted molar refractivity (Wildman–Crippen MR) is 62.1 cm³/mol. The van der Waals surface area contributed by atoms with E-state index in [9.17, 15) is 4.79 Å². The molecule has 1 saturated carbocycles. The number of thioether (sulfide) groups is 1. The molecule has 0 unspecified atom stereocenters. The van der Waals surface area contributed by atoms with Gasteiger partial charge in [-0.3, -0.25) is 9.69 Å². The second-order valence-corrected chi connectivity index (χ2v) is 5.51. The fraction of sp³-hybridized carbons (Fsp3) is 0.909. The summed E-state index contributed by atoms with van der Waals surface area (Å²) in [6.07, 6.45) is 4.80. The maximum Gasteiger partial charge on any atom is 0.320 e. The van der Waals surface area contributed by atoms with Gasteiger partial charge in [-0.05, 0) is 25.7 Å². The highest BCUT2D eigenvalue weighted by Gasteiger charge is 2.21. The zero-order valence-electron chi connectivity index (χ0n) is 9.11. The fourth-order valence-corrected chi connectivity index (χ4v) is 3.15. The van der Waals surface area contributed by atoms with Gasteiger partial charge in [-0.2, -0.15) is 11.8 Å². The molecule has 0 bridgehead atoms. The summed E-state index contributed by atoms with van der Waals surface area (Å²) in [4.78, 5) is 13.8. The van der Waals surface area contributed by atoms with Crippen molar-refractivity contribution in [1.29, 1.82) is 0 Å². The summed E-state index contributed by atoms with van der Waals surface area (Å²) in [7, 11) is 0. The van der Waals surface area contributed by atoms with Gasteiger partial charge in [-0.25, -0.2) is 0 Å². The standard InChI is InChI=1S/C11H19NO2S/c13-11(14-10-3-1-2-4-10)9-12-5-7-15-8-6-12/h10H,1-9H2. The van der Waals surface area contributed by atoms with Crippen LogP contribution in [0.3, 0.4) is 0 Å². The lowest BCUT2D eigenvalue weighted by Crippen LogP contribution is -2.38. The van der Waals surface area contributed by atoms with Gasteiger partial charge < -0.3 is 4.74 Å². The molecule has 1 aliphatic heterocycles. The Morgan fingerprint density at radius 2 is 1.93 bits per heavy atom. The van der Waals surface area contributed by atoms with Crippen LogP contribution in [0.1, 0.15) is 25.7 Å².